The summed E-state index contributed by atoms with van der Waals surface area (Å²) in [6.07, 6.45) is 4.25. The number of aromatic nitrogens is 4. The Morgan fingerprint density at radius 2 is 2.06 bits per heavy atom. The highest BCUT2D eigenvalue weighted by atomic mass is 19.1. The normalized spacial score (nSPS) is 16.5. The fraction of sp³-hybridized carbons (Fsp3) is 0.417. The van der Waals surface area contributed by atoms with Gasteiger partial charge in [0.2, 0.25) is 0 Å². The Kier molecular flexibility index (Phi) is 7.62. The molecule has 0 radical (unpaired) electrons. The van der Waals surface area contributed by atoms with E-state index in [0.717, 1.165) is 50.9 Å². The van der Waals surface area contributed by atoms with Crippen LogP contribution in [0.1, 0.15) is 24.8 Å². The summed E-state index contributed by atoms with van der Waals surface area (Å²) in [7, 11) is 1.78. The Hall–Kier alpha value is -3.33. The van der Waals surface area contributed by atoms with Gasteiger partial charge in [0, 0.05) is 31.4 Å². The molecule has 3 aromatic rings. The summed E-state index contributed by atoms with van der Waals surface area (Å²) in [5.41, 5.74) is 2.70. The van der Waals surface area contributed by atoms with E-state index in [9.17, 15) is 9.18 Å². The van der Waals surface area contributed by atoms with Crippen LogP contribution in [0.4, 0.5) is 14.9 Å². The number of nitrogens with one attached hydrogen (secondary N) is 2. The quantitative estimate of drug-likeness (QED) is 0.548. The zero-order valence-electron chi connectivity index (χ0n) is 18.9. The lowest BCUT2D eigenvalue weighted by Crippen LogP contribution is -2.42. The van der Waals surface area contributed by atoms with Crippen molar-refractivity contribution in [3.05, 3.63) is 59.9 Å². The Morgan fingerprint density at radius 3 is 2.85 bits per heavy atom. The number of halogens is 1. The Labute approximate surface area is 193 Å². The molecule has 1 atom stereocenters. The third kappa shape index (κ3) is 6.58. The number of aryl methyl sites for hydroxylation is 2. The molecule has 2 N–H and O–H groups in total. The van der Waals surface area contributed by atoms with Crippen LogP contribution in [-0.2, 0) is 13.5 Å². The lowest BCUT2D eigenvalue weighted by Gasteiger charge is -2.32. The number of tetrazole rings is 1. The van der Waals surface area contributed by atoms with E-state index < -0.39 is 0 Å². The van der Waals surface area contributed by atoms with Crippen molar-refractivity contribution in [2.75, 3.05) is 31.5 Å². The topological polar surface area (TPSA) is 88.0 Å². The van der Waals surface area contributed by atoms with Crippen molar-refractivity contribution in [1.29, 1.82) is 0 Å². The van der Waals surface area contributed by atoms with Crippen molar-refractivity contribution < 1.29 is 9.18 Å². The summed E-state index contributed by atoms with van der Waals surface area (Å²) < 4.78 is 14.6. The number of carbonyl (C=O) groups excluding carboxylic acids is 1. The molecule has 174 valence electrons. The molecule has 1 saturated heterocycles. The maximum absolute atomic E-state index is 13.0. The first kappa shape index (κ1) is 22.8. The van der Waals surface area contributed by atoms with Gasteiger partial charge in [0.25, 0.3) is 0 Å². The standard InChI is InChI=1S/C24H30FN7O/c1-31-23(28-29-30-31)20-7-2-8-22(15-20)27-24(33)26-16-19-6-4-14-32(17-19)13-3-5-18-9-11-21(25)12-10-18/h2,7-12,15,19H,3-6,13-14,16-17H2,1H3,(H2,26,27,33)/t19-/m1/s1. The largest absolute Gasteiger partial charge is 0.338 e. The van der Waals surface area contributed by atoms with Gasteiger partial charge in [-0.05, 0) is 84.9 Å². The number of amides is 2. The van der Waals surface area contributed by atoms with Crippen LogP contribution in [0.25, 0.3) is 11.4 Å². The molecule has 8 nitrogen and oxygen atoms in total. The molecule has 0 unspecified atom stereocenters. The molecule has 2 aromatic carbocycles. The maximum atomic E-state index is 13.0. The lowest BCUT2D eigenvalue weighted by molar-refractivity contribution is 0.171. The first-order valence-electron chi connectivity index (χ1n) is 11.4. The third-order valence-electron chi connectivity index (χ3n) is 6.01. The second-order valence-electron chi connectivity index (χ2n) is 8.58. The second-order valence-corrected chi connectivity index (χ2v) is 8.58. The Balaban J connectivity index is 1.20. The average molecular weight is 452 g/mol. The number of benzene rings is 2. The first-order chi connectivity index (χ1) is 16.1. The highest BCUT2D eigenvalue weighted by Gasteiger charge is 2.20. The predicted molar refractivity (Wildman–Crippen MR) is 125 cm³/mol. The first-order valence-corrected chi connectivity index (χ1v) is 11.4. The molecule has 9 heteroatoms. The molecule has 4 rings (SSSR count). The molecule has 0 aliphatic carbocycles. The van der Waals surface area contributed by atoms with E-state index in [1.54, 1.807) is 11.7 Å². The summed E-state index contributed by atoms with van der Waals surface area (Å²) in [5.74, 6) is 0.886. The second kappa shape index (κ2) is 11.0. The zero-order valence-corrected chi connectivity index (χ0v) is 18.9. The number of carbonyl (C=O) groups is 1. The van der Waals surface area contributed by atoms with Gasteiger partial charge in [-0.15, -0.1) is 5.10 Å². The molecule has 1 aromatic heterocycles. The maximum Gasteiger partial charge on any atom is 0.319 e. The van der Waals surface area contributed by atoms with Crippen LogP contribution in [0.5, 0.6) is 0 Å². The molecule has 33 heavy (non-hydrogen) atoms. The summed E-state index contributed by atoms with van der Waals surface area (Å²) in [6, 6.07) is 14.0. The van der Waals surface area contributed by atoms with E-state index in [4.69, 9.17) is 0 Å². The number of piperidine rings is 1. The van der Waals surface area contributed by atoms with E-state index in [0.29, 0.717) is 24.0 Å². The van der Waals surface area contributed by atoms with Crippen molar-refractivity contribution >= 4 is 11.7 Å². The SMILES string of the molecule is Cn1nnnc1-c1cccc(NC(=O)NC[C@H]2CCCN(CCCc3ccc(F)cc3)C2)c1. The van der Waals surface area contributed by atoms with Crippen LogP contribution in [0, 0.1) is 11.7 Å². The fourth-order valence-corrected chi connectivity index (χ4v) is 4.30. The van der Waals surface area contributed by atoms with Crippen molar-refractivity contribution in [2.24, 2.45) is 13.0 Å². The summed E-state index contributed by atoms with van der Waals surface area (Å²) in [5, 5.41) is 17.4. The van der Waals surface area contributed by atoms with Gasteiger partial charge in [-0.1, -0.05) is 24.3 Å². The molecule has 1 fully saturated rings. The monoisotopic (exact) mass is 451 g/mol. The van der Waals surface area contributed by atoms with Gasteiger partial charge < -0.3 is 15.5 Å². The minimum absolute atomic E-state index is 0.190. The number of urea groups is 1. The third-order valence-corrected chi connectivity index (χ3v) is 6.01. The molecule has 0 bridgehead atoms. The lowest BCUT2D eigenvalue weighted by atomic mass is 9.97. The van der Waals surface area contributed by atoms with Gasteiger partial charge >= 0.3 is 6.03 Å². The Morgan fingerprint density at radius 1 is 1.21 bits per heavy atom. The van der Waals surface area contributed by atoms with E-state index in [1.165, 1.54) is 17.7 Å². The van der Waals surface area contributed by atoms with Gasteiger partial charge in [-0.3, -0.25) is 0 Å². The van der Waals surface area contributed by atoms with Crippen LogP contribution in [0.15, 0.2) is 48.5 Å². The Bertz CT molecular complexity index is 1050. The van der Waals surface area contributed by atoms with Gasteiger partial charge in [0.05, 0.1) is 0 Å². The van der Waals surface area contributed by atoms with Crippen molar-refractivity contribution in [1.82, 2.24) is 30.4 Å². The molecular weight excluding hydrogens is 421 g/mol. The van der Waals surface area contributed by atoms with Crippen molar-refractivity contribution in [3.63, 3.8) is 0 Å². The molecule has 1 aliphatic heterocycles. The summed E-state index contributed by atoms with van der Waals surface area (Å²) in [6.45, 7) is 3.74. The number of hydrogen-bond donors (Lipinski definition) is 2. The van der Waals surface area contributed by atoms with Crippen molar-refractivity contribution in [3.8, 4) is 11.4 Å². The highest BCUT2D eigenvalue weighted by molar-refractivity contribution is 5.89. The van der Waals surface area contributed by atoms with Crippen LogP contribution in [0.2, 0.25) is 0 Å². The predicted octanol–water partition coefficient (Wildman–Crippen LogP) is 3.48. The molecule has 0 spiro atoms. The number of anilines is 1. The average Bonchev–Trinajstić information content (AvgIpc) is 3.25. The number of nitrogens with zero attached hydrogens (tertiary/aromatic N) is 5. The number of rotatable bonds is 8. The molecule has 2 heterocycles. The van der Waals surface area contributed by atoms with E-state index in [-0.39, 0.29) is 11.8 Å². The minimum Gasteiger partial charge on any atom is -0.338 e. The van der Waals surface area contributed by atoms with Crippen LogP contribution in [0.3, 0.4) is 0 Å². The van der Waals surface area contributed by atoms with Crippen LogP contribution < -0.4 is 10.6 Å². The number of hydrogen-bond acceptors (Lipinski definition) is 5. The van der Waals surface area contributed by atoms with E-state index in [1.807, 2.05) is 36.4 Å². The highest BCUT2D eigenvalue weighted by Crippen LogP contribution is 2.20. The smallest absolute Gasteiger partial charge is 0.319 e. The fourth-order valence-electron chi connectivity index (χ4n) is 4.30. The summed E-state index contributed by atoms with van der Waals surface area (Å²) in [4.78, 5) is 14.9. The molecule has 0 saturated carbocycles. The van der Waals surface area contributed by atoms with Crippen LogP contribution >= 0.6 is 0 Å². The molecule has 2 amide bonds. The number of likely N-dealkylation sites (tertiary alicyclic amines) is 1. The molecule has 1 aliphatic rings. The molecular formula is C24H30FN7O. The summed E-state index contributed by atoms with van der Waals surface area (Å²) >= 11 is 0. The van der Waals surface area contributed by atoms with E-state index >= 15 is 0 Å². The zero-order chi connectivity index (χ0) is 23.0. The van der Waals surface area contributed by atoms with Crippen LogP contribution in [-0.4, -0.2) is 57.3 Å². The van der Waals surface area contributed by atoms with E-state index in [2.05, 4.69) is 31.1 Å². The van der Waals surface area contributed by atoms with Gasteiger partial charge in [-0.25, -0.2) is 13.9 Å². The van der Waals surface area contributed by atoms with Crippen molar-refractivity contribution in [2.45, 2.75) is 25.7 Å². The van der Waals surface area contributed by atoms with Gasteiger partial charge in [-0.2, -0.15) is 0 Å². The van der Waals surface area contributed by atoms with Gasteiger partial charge in [0.1, 0.15) is 5.82 Å². The van der Waals surface area contributed by atoms with Gasteiger partial charge in [0.15, 0.2) is 5.82 Å². The minimum atomic E-state index is -0.211.